The van der Waals surface area contributed by atoms with E-state index in [-0.39, 0.29) is 17.8 Å². The fourth-order valence-corrected chi connectivity index (χ4v) is 5.01. The Morgan fingerprint density at radius 3 is 2.62 bits per heavy atom. The lowest BCUT2D eigenvalue weighted by atomic mass is 9.96. The van der Waals surface area contributed by atoms with E-state index in [2.05, 4.69) is 21.3 Å². The first-order chi connectivity index (χ1) is 15.5. The summed E-state index contributed by atoms with van der Waals surface area (Å²) >= 11 is 0. The predicted octanol–water partition coefficient (Wildman–Crippen LogP) is 5.10. The molecule has 0 unspecified atom stereocenters. The van der Waals surface area contributed by atoms with Crippen LogP contribution in [-0.2, 0) is 4.74 Å². The molecule has 3 heterocycles. The first-order valence-electron chi connectivity index (χ1n) is 11.6. The van der Waals surface area contributed by atoms with Gasteiger partial charge in [-0.15, -0.1) is 0 Å². The number of aromatic nitrogens is 1. The molecule has 0 radical (unpaired) electrons. The molecule has 168 valence electrons. The minimum absolute atomic E-state index is 0.0634. The standard InChI is InChI=1S/C26H30FN3O2/c1-16-21(14-20(15-23(16)27)30-9-3-4-10-30)18-5-6-24-22(13-18)25(17(2)28-24)26(31)29-19-7-11-32-12-8-19/h5-6,13-15,19,28H,3-4,7-12H2,1-2H3,(H,29,31). The lowest BCUT2D eigenvalue weighted by molar-refractivity contribution is 0.0697. The maximum atomic E-state index is 14.9. The summed E-state index contributed by atoms with van der Waals surface area (Å²) < 4.78 is 20.3. The lowest BCUT2D eigenvalue weighted by Crippen LogP contribution is -2.39. The third kappa shape index (κ3) is 3.88. The summed E-state index contributed by atoms with van der Waals surface area (Å²) in [5.41, 5.74) is 5.79. The zero-order valence-corrected chi connectivity index (χ0v) is 18.8. The molecule has 0 saturated carbocycles. The number of benzene rings is 2. The molecule has 0 spiro atoms. The molecular formula is C26H30FN3O2. The van der Waals surface area contributed by atoms with Crippen molar-refractivity contribution in [2.45, 2.75) is 45.6 Å². The van der Waals surface area contributed by atoms with Gasteiger partial charge in [0.2, 0.25) is 0 Å². The third-order valence-electron chi connectivity index (χ3n) is 6.88. The summed E-state index contributed by atoms with van der Waals surface area (Å²) in [4.78, 5) is 18.8. The highest BCUT2D eigenvalue weighted by atomic mass is 19.1. The highest BCUT2D eigenvalue weighted by Crippen LogP contribution is 2.34. The van der Waals surface area contributed by atoms with Crippen LogP contribution >= 0.6 is 0 Å². The number of anilines is 1. The maximum absolute atomic E-state index is 14.9. The Hall–Kier alpha value is -2.86. The molecule has 5 nitrogen and oxygen atoms in total. The molecule has 2 aliphatic heterocycles. The SMILES string of the molecule is Cc1[nH]c2ccc(-c3cc(N4CCCC4)cc(F)c3C)cc2c1C(=O)NC1CCOCC1. The van der Waals surface area contributed by atoms with Crippen LogP contribution in [0.25, 0.3) is 22.0 Å². The van der Waals surface area contributed by atoms with Crippen molar-refractivity contribution in [1.82, 2.24) is 10.3 Å². The molecular weight excluding hydrogens is 405 g/mol. The zero-order valence-electron chi connectivity index (χ0n) is 18.8. The molecule has 2 N–H and O–H groups in total. The van der Waals surface area contributed by atoms with E-state index in [1.165, 1.54) is 0 Å². The molecule has 32 heavy (non-hydrogen) atoms. The molecule has 1 amide bonds. The lowest BCUT2D eigenvalue weighted by Gasteiger charge is -2.23. The number of halogens is 1. The van der Waals surface area contributed by atoms with E-state index in [1.807, 2.05) is 32.0 Å². The highest BCUT2D eigenvalue weighted by molar-refractivity contribution is 6.09. The van der Waals surface area contributed by atoms with E-state index in [9.17, 15) is 9.18 Å². The van der Waals surface area contributed by atoms with Gasteiger partial charge in [-0.2, -0.15) is 0 Å². The Balaban J connectivity index is 1.53. The Morgan fingerprint density at radius 2 is 1.88 bits per heavy atom. The van der Waals surface area contributed by atoms with Crippen molar-refractivity contribution in [2.24, 2.45) is 0 Å². The van der Waals surface area contributed by atoms with Gasteiger partial charge in [-0.05, 0) is 80.5 Å². The van der Waals surface area contributed by atoms with Crippen molar-refractivity contribution in [3.63, 3.8) is 0 Å². The number of hydrogen-bond donors (Lipinski definition) is 2. The smallest absolute Gasteiger partial charge is 0.253 e. The topological polar surface area (TPSA) is 57.4 Å². The summed E-state index contributed by atoms with van der Waals surface area (Å²) in [5, 5.41) is 4.05. The van der Waals surface area contributed by atoms with Crippen LogP contribution in [0.4, 0.5) is 10.1 Å². The summed E-state index contributed by atoms with van der Waals surface area (Å²) in [6, 6.07) is 9.89. The van der Waals surface area contributed by atoms with Crippen LogP contribution in [0.5, 0.6) is 0 Å². The second-order valence-electron chi connectivity index (χ2n) is 9.04. The van der Waals surface area contributed by atoms with E-state index in [4.69, 9.17) is 4.74 Å². The Kier molecular flexibility index (Phi) is 5.64. The van der Waals surface area contributed by atoms with Gasteiger partial charge < -0.3 is 19.9 Å². The molecule has 2 aromatic carbocycles. The zero-order chi connectivity index (χ0) is 22.2. The monoisotopic (exact) mass is 435 g/mol. The van der Waals surface area contributed by atoms with Crippen LogP contribution in [0, 0.1) is 19.7 Å². The molecule has 2 aliphatic rings. The quantitative estimate of drug-likeness (QED) is 0.600. The minimum atomic E-state index is -0.188. The first kappa shape index (κ1) is 21.0. The fourth-order valence-electron chi connectivity index (χ4n) is 5.01. The first-order valence-corrected chi connectivity index (χ1v) is 11.6. The van der Waals surface area contributed by atoms with Gasteiger partial charge in [0.25, 0.3) is 5.91 Å². The van der Waals surface area contributed by atoms with Crippen LogP contribution < -0.4 is 10.2 Å². The van der Waals surface area contributed by atoms with Crippen LogP contribution in [0.15, 0.2) is 30.3 Å². The number of nitrogens with one attached hydrogen (secondary N) is 2. The number of carbonyl (C=O) groups is 1. The van der Waals surface area contributed by atoms with Crippen molar-refractivity contribution in [3.8, 4) is 11.1 Å². The Labute approximate surface area is 187 Å². The van der Waals surface area contributed by atoms with Crippen LogP contribution in [0.2, 0.25) is 0 Å². The van der Waals surface area contributed by atoms with E-state index < -0.39 is 0 Å². The highest BCUT2D eigenvalue weighted by Gasteiger charge is 2.22. The predicted molar refractivity (Wildman–Crippen MR) is 126 cm³/mol. The Morgan fingerprint density at radius 1 is 1.12 bits per heavy atom. The van der Waals surface area contributed by atoms with Crippen molar-refractivity contribution in [3.05, 3.63) is 53.0 Å². The number of aryl methyl sites for hydroxylation is 1. The van der Waals surface area contributed by atoms with Gasteiger partial charge in [0.05, 0.1) is 5.56 Å². The van der Waals surface area contributed by atoms with Gasteiger partial charge in [-0.25, -0.2) is 4.39 Å². The van der Waals surface area contributed by atoms with Crippen LogP contribution in [0.1, 0.15) is 47.3 Å². The molecule has 1 aromatic heterocycles. The van der Waals surface area contributed by atoms with Gasteiger partial charge in [0.15, 0.2) is 0 Å². The minimum Gasteiger partial charge on any atom is -0.381 e. The second kappa shape index (κ2) is 8.58. The molecule has 0 bridgehead atoms. The normalized spacial score (nSPS) is 17.3. The summed E-state index contributed by atoms with van der Waals surface area (Å²) in [6.07, 6.45) is 3.95. The third-order valence-corrected chi connectivity index (χ3v) is 6.88. The summed E-state index contributed by atoms with van der Waals surface area (Å²) in [5.74, 6) is -0.251. The number of carbonyl (C=O) groups excluding carboxylic acids is 1. The number of aromatic amines is 1. The number of H-pyrrole nitrogens is 1. The molecule has 5 rings (SSSR count). The second-order valence-corrected chi connectivity index (χ2v) is 9.04. The number of hydrogen-bond acceptors (Lipinski definition) is 3. The number of ether oxygens (including phenoxy) is 1. The van der Waals surface area contributed by atoms with Crippen molar-refractivity contribution in [1.29, 1.82) is 0 Å². The van der Waals surface area contributed by atoms with Gasteiger partial charge in [0, 0.05) is 54.6 Å². The van der Waals surface area contributed by atoms with Crippen molar-refractivity contribution in [2.75, 3.05) is 31.2 Å². The van der Waals surface area contributed by atoms with Crippen molar-refractivity contribution < 1.29 is 13.9 Å². The Bertz CT molecular complexity index is 1160. The number of rotatable bonds is 4. The van der Waals surface area contributed by atoms with Gasteiger partial charge in [-0.1, -0.05) is 6.07 Å². The van der Waals surface area contributed by atoms with E-state index in [0.717, 1.165) is 72.2 Å². The average Bonchev–Trinajstić information content (AvgIpc) is 3.43. The molecule has 2 fully saturated rings. The molecule has 2 saturated heterocycles. The number of fused-ring (bicyclic) bond motifs is 1. The van der Waals surface area contributed by atoms with Crippen LogP contribution in [0.3, 0.4) is 0 Å². The van der Waals surface area contributed by atoms with Gasteiger partial charge >= 0.3 is 0 Å². The van der Waals surface area contributed by atoms with Crippen LogP contribution in [-0.4, -0.2) is 43.2 Å². The number of nitrogens with zero attached hydrogens (tertiary/aromatic N) is 1. The van der Waals surface area contributed by atoms with E-state index in [0.29, 0.717) is 24.3 Å². The maximum Gasteiger partial charge on any atom is 0.253 e. The van der Waals surface area contributed by atoms with E-state index >= 15 is 0 Å². The molecule has 3 aromatic rings. The molecule has 6 heteroatoms. The fraction of sp³-hybridized carbons (Fsp3) is 0.423. The largest absolute Gasteiger partial charge is 0.381 e. The molecule has 0 aliphatic carbocycles. The number of amides is 1. The van der Waals surface area contributed by atoms with E-state index in [1.54, 1.807) is 6.07 Å². The van der Waals surface area contributed by atoms with Crippen molar-refractivity contribution >= 4 is 22.5 Å². The summed E-state index contributed by atoms with van der Waals surface area (Å²) in [7, 11) is 0. The van der Waals surface area contributed by atoms with Gasteiger partial charge in [0.1, 0.15) is 5.82 Å². The van der Waals surface area contributed by atoms with Gasteiger partial charge in [-0.3, -0.25) is 4.79 Å². The molecule has 0 atom stereocenters. The average molecular weight is 436 g/mol. The summed E-state index contributed by atoms with van der Waals surface area (Å²) in [6.45, 7) is 7.05.